The molecule has 0 spiro atoms. The second-order valence-electron chi connectivity index (χ2n) is 14.5. The number of phenolic OH excluding ortho intramolecular Hbond substituents is 1. The van der Waals surface area contributed by atoms with E-state index in [1.165, 1.54) is 41.1 Å². The minimum absolute atomic E-state index is 0.0101. The van der Waals surface area contributed by atoms with Crippen molar-refractivity contribution >= 4 is 51.2 Å². The third-order valence-corrected chi connectivity index (χ3v) is 13.0. The van der Waals surface area contributed by atoms with Crippen LogP contribution in [0.2, 0.25) is 0 Å². The maximum atomic E-state index is 12.6. The number of hydrogen-bond acceptors (Lipinski definition) is 14. The Morgan fingerprint density at radius 3 is 2.61 bits per heavy atom. The van der Waals surface area contributed by atoms with Crippen molar-refractivity contribution in [2.24, 2.45) is 22.7 Å². The number of aliphatic carboxylic acids is 1. The third-order valence-electron chi connectivity index (χ3n) is 10.9. The molecule has 13 nitrogen and oxygen atoms in total. The van der Waals surface area contributed by atoms with Crippen molar-refractivity contribution in [3.63, 3.8) is 0 Å². The van der Waals surface area contributed by atoms with Gasteiger partial charge in [0.15, 0.2) is 11.7 Å². The molecule has 0 aromatic heterocycles. The van der Waals surface area contributed by atoms with Gasteiger partial charge in [-0.1, -0.05) is 89.2 Å². The Labute approximate surface area is 338 Å². The van der Waals surface area contributed by atoms with Crippen LogP contribution in [0.5, 0.6) is 17.2 Å². The summed E-state index contributed by atoms with van der Waals surface area (Å²) in [6.07, 6.45) is -0.239. The lowest BCUT2D eigenvalue weighted by atomic mass is 9.77. The van der Waals surface area contributed by atoms with E-state index in [9.17, 15) is 35.4 Å². The number of aliphatic imine (C=N–C) groups is 1. The first-order valence-electron chi connectivity index (χ1n) is 18.7. The SMILES string of the molecule is CC(CC=Cc1ccccc1)C1CNC(O)C2(O)C(Oc3ccc4c(c3)OCC(c3ccc(O)cc3)=C4O)OC(C(=O)O)C(O)C2OCSSCC1C1=CCN=C1. The molecule has 3 aromatic carbocycles. The number of nitrogens with zero attached hydrogens (tertiary/aromatic N) is 1. The van der Waals surface area contributed by atoms with E-state index in [1.54, 1.807) is 22.9 Å². The van der Waals surface area contributed by atoms with Crippen LogP contribution in [0.15, 0.2) is 95.5 Å². The van der Waals surface area contributed by atoms with E-state index >= 15 is 0 Å². The number of fused-ring (bicyclic) bond motifs is 2. The van der Waals surface area contributed by atoms with Crippen LogP contribution in [-0.2, 0) is 14.3 Å². The van der Waals surface area contributed by atoms with Gasteiger partial charge in [0.25, 0.3) is 0 Å². The Morgan fingerprint density at radius 1 is 1.09 bits per heavy atom. The number of phenols is 1. The van der Waals surface area contributed by atoms with Crippen molar-refractivity contribution in [2.45, 2.75) is 49.8 Å². The summed E-state index contributed by atoms with van der Waals surface area (Å²) in [5.74, 6) is -0.539. The molecule has 57 heavy (non-hydrogen) atoms. The number of carboxylic acids is 1. The van der Waals surface area contributed by atoms with Crippen molar-refractivity contribution in [3.05, 3.63) is 107 Å². The van der Waals surface area contributed by atoms with Gasteiger partial charge >= 0.3 is 5.97 Å². The summed E-state index contributed by atoms with van der Waals surface area (Å²) in [5, 5.41) is 70.0. The lowest BCUT2D eigenvalue weighted by Gasteiger charge is -2.50. The zero-order valence-corrected chi connectivity index (χ0v) is 32.7. The summed E-state index contributed by atoms with van der Waals surface area (Å²) in [6, 6.07) is 20.8. The van der Waals surface area contributed by atoms with E-state index in [0.29, 0.717) is 29.0 Å². The fraction of sp³-hybridized carbons (Fsp3) is 0.381. The third kappa shape index (κ3) is 8.91. The van der Waals surface area contributed by atoms with Gasteiger partial charge in [-0.15, -0.1) is 0 Å². The molecule has 0 bridgehead atoms. The standard InChI is InChI=1S/C42H46N2O11S2/c1-24(6-5-9-25-7-3-2-4-8-25)31-20-44-40(50)42(51)38(53-23-57-56-22-33(31)27-16-17-43-19-27)36(47)37(39(48)49)55-41(42)54-29-14-15-30-34(18-29)52-21-32(35(30)46)26-10-12-28(45)13-11-26/h2-5,7-16,18-19,24,31,33,36-38,40-41,44-47,50-51H,6,17,20-23H2,1H3,(H,48,49). The van der Waals surface area contributed by atoms with Gasteiger partial charge in [-0.3, -0.25) is 10.3 Å². The zero-order valence-electron chi connectivity index (χ0n) is 31.1. The van der Waals surface area contributed by atoms with E-state index in [0.717, 1.165) is 17.6 Å². The summed E-state index contributed by atoms with van der Waals surface area (Å²) < 4.78 is 24.0. The molecule has 9 unspecified atom stereocenters. The second kappa shape index (κ2) is 18.1. The highest BCUT2D eigenvalue weighted by Crippen LogP contribution is 2.43. The largest absolute Gasteiger partial charge is 0.508 e. The molecule has 0 radical (unpaired) electrons. The predicted octanol–water partition coefficient (Wildman–Crippen LogP) is 5.12. The monoisotopic (exact) mass is 818 g/mol. The van der Waals surface area contributed by atoms with E-state index in [1.807, 2.05) is 36.5 Å². The van der Waals surface area contributed by atoms with Crippen molar-refractivity contribution in [2.75, 3.05) is 31.4 Å². The number of nitrogens with one attached hydrogen (secondary N) is 1. The quantitative estimate of drug-likeness (QED) is 0.140. The zero-order chi connectivity index (χ0) is 40.1. The number of allylic oxidation sites excluding steroid dienone is 2. The molecular formula is C42H46N2O11S2. The first-order chi connectivity index (χ1) is 27.5. The molecule has 0 saturated carbocycles. The fourth-order valence-electron chi connectivity index (χ4n) is 7.66. The fourth-order valence-corrected chi connectivity index (χ4v) is 9.71. The average molecular weight is 819 g/mol. The van der Waals surface area contributed by atoms with Gasteiger partial charge < -0.3 is 49.6 Å². The molecule has 0 amide bonds. The van der Waals surface area contributed by atoms with Crippen LogP contribution in [0.1, 0.15) is 30.0 Å². The average Bonchev–Trinajstić information content (AvgIpc) is 3.74. The summed E-state index contributed by atoms with van der Waals surface area (Å²) in [5.41, 5.74) is 1.11. The van der Waals surface area contributed by atoms with E-state index in [2.05, 4.69) is 35.5 Å². The maximum Gasteiger partial charge on any atom is 0.335 e. The van der Waals surface area contributed by atoms with Crippen LogP contribution in [-0.4, -0.2) is 111 Å². The summed E-state index contributed by atoms with van der Waals surface area (Å²) in [4.78, 5) is 16.8. The van der Waals surface area contributed by atoms with Gasteiger partial charge in [0.1, 0.15) is 54.0 Å². The molecule has 2 fully saturated rings. The van der Waals surface area contributed by atoms with E-state index < -0.39 is 42.4 Å². The number of hydrogen-bond donors (Lipinski definition) is 7. The van der Waals surface area contributed by atoms with Gasteiger partial charge in [-0.05, 0) is 65.1 Å². The highest BCUT2D eigenvalue weighted by Gasteiger charge is 2.63. The van der Waals surface area contributed by atoms with Crippen LogP contribution < -0.4 is 14.8 Å². The number of aromatic hydroxyl groups is 1. The predicted molar refractivity (Wildman–Crippen MR) is 219 cm³/mol. The van der Waals surface area contributed by atoms with Crippen LogP contribution in [0.25, 0.3) is 17.4 Å². The van der Waals surface area contributed by atoms with E-state index in [4.69, 9.17) is 18.9 Å². The lowest BCUT2D eigenvalue weighted by Crippen LogP contribution is -2.75. The van der Waals surface area contributed by atoms with Gasteiger partial charge in [-0.25, -0.2) is 4.79 Å². The Bertz CT molecular complexity index is 2010. The number of aliphatic hydroxyl groups is 4. The molecule has 15 heteroatoms. The highest BCUT2D eigenvalue weighted by atomic mass is 33.1. The molecule has 7 rings (SSSR count). The van der Waals surface area contributed by atoms with Crippen molar-refractivity contribution in [3.8, 4) is 17.2 Å². The molecule has 2 saturated heterocycles. The normalized spacial score (nSPS) is 30.0. The van der Waals surface area contributed by atoms with Crippen molar-refractivity contribution in [1.29, 1.82) is 0 Å². The molecule has 4 heterocycles. The molecule has 9 atom stereocenters. The Kier molecular flexibility index (Phi) is 13.0. The molecule has 0 aliphatic carbocycles. The smallest absolute Gasteiger partial charge is 0.335 e. The summed E-state index contributed by atoms with van der Waals surface area (Å²) >= 11 is 0. The van der Waals surface area contributed by atoms with Crippen LogP contribution >= 0.6 is 21.6 Å². The Balaban J connectivity index is 1.18. The molecule has 302 valence electrons. The van der Waals surface area contributed by atoms with Gasteiger partial charge in [-0.2, -0.15) is 0 Å². The second-order valence-corrected chi connectivity index (χ2v) is 16.9. The number of benzene rings is 3. The first kappa shape index (κ1) is 40.9. The van der Waals surface area contributed by atoms with Crippen LogP contribution in [0.3, 0.4) is 0 Å². The summed E-state index contributed by atoms with van der Waals surface area (Å²) in [6.45, 7) is 2.93. The summed E-state index contributed by atoms with van der Waals surface area (Å²) in [7, 11) is 2.90. The topological polar surface area (TPSA) is 200 Å². The number of carbonyl (C=O) groups is 1. The highest BCUT2D eigenvalue weighted by molar-refractivity contribution is 8.76. The number of carboxylic acid groups (broad SMARTS) is 1. The molecule has 7 N–H and O–H groups in total. The Morgan fingerprint density at radius 2 is 1.88 bits per heavy atom. The minimum Gasteiger partial charge on any atom is -0.508 e. The van der Waals surface area contributed by atoms with Gasteiger partial charge in [0, 0.05) is 30.2 Å². The van der Waals surface area contributed by atoms with Crippen LogP contribution in [0, 0.1) is 17.8 Å². The number of rotatable bonds is 9. The van der Waals surface area contributed by atoms with Crippen molar-refractivity contribution in [1.82, 2.24) is 5.32 Å². The van der Waals surface area contributed by atoms with Gasteiger partial charge in [0.2, 0.25) is 6.29 Å². The lowest BCUT2D eigenvalue weighted by molar-refractivity contribution is -0.342. The van der Waals surface area contributed by atoms with E-state index in [-0.39, 0.29) is 59.9 Å². The molecule has 3 aromatic rings. The molecule has 4 aliphatic heterocycles. The maximum absolute atomic E-state index is 12.6. The van der Waals surface area contributed by atoms with Crippen LogP contribution in [0.4, 0.5) is 0 Å². The number of ether oxygens (including phenoxy) is 4. The minimum atomic E-state index is -2.55. The molecular weight excluding hydrogens is 773 g/mol. The Hall–Kier alpha value is -4.32. The van der Waals surface area contributed by atoms with Crippen molar-refractivity contribution < 1.29 is 54.4 Å². The number of aliphatic hydroxyl groups excluding tert-OH is 3. The molecule has 4 aliphatic rings. The first-order valence-corrected chi connectivity index (χ1v) is 21.2. The van der Waals surface area contributed by atoms with Gasteiger partial charge in [0.05, 0.1) is 12.1 Å².